The lowest BCUT2D eigenvalue weighted by molar-refractivity contribution is -0.127. The minimum Gasteiger partial charge on any atom is -0.352 e. The molecule has 0 aliphatic heterocycles. The summed E-state index contributed by atoms with van der Waals surface area (Å²) in [6.07, 6.45) is 0. The molecule has 0 spiro atoms. The number of amides is 2. The molecule has 80 valence electrons. The average molecular weight is 198 g/mol. The van der Waals surface area contributed by atoms with Gasteiger partial charge in [0.25, 0.3) is 0 Å². The monoisotopic (exact) mass is 198 g/mol. The Bertz CT molecular complexity index is 247. The molecule has 14 heavy (non-hydrogen) atoms. The van der Waals surface area contributed by atoms with Crippen molar-refractivity contribution in [2.24, 2.45) is 0 Å². The van der Waals surface area contributed by atoms with E-state index in [2.05, 4.69) is 17.2 Å². The highest BCUT2D eigenvalue weighted by atomic mass is 16.2. The zero-order chi connectivity index (χ0) is 11.3. The molecule has 0 saturated heterocycles. The molecule has 0 aromatic carbocycles. The molecular formula is C10H18N2O2. The number of carbonyl (C=O) groups excluding carboxylic acids is 2. The topological polar surface area (TPSA) is 58.2 Å². The van der Waals surface area contributed by atoms with Gasteiger partial charge in [-0.15, -0.1) is 0 Å². The molecule has 2 N–H and O–H groups in total. The first-order valence-corrected chi connectivity index (χ1v) is 4.61. The van der Waals surface area contributed by atoms with Gasteiger partial charge < -0.3 is 10.6 Å². The maximum absolute atomic E-state index is 11.4. The van der Waals surface area contributed by atoms with Gasteiger partial charge in [-0.3, -0.25) is 9.59 Å². The summed E-state index contributed by atoms with van der Waals surface area (Å²) in [6.45, 7) is 10.5. The van der Waals surface area contributed by atoms with Gasteiger partial charge in [0, 0.05) is 11.6 Å². The van der Waals surface area contributed by atoms with Crippen molar-refractivity contribution in [2.45, 2.75) is 39.8 Å². The van der Waals surface area contributed by atoms with Crippen molar-refractivity contribution in [1.29, 1.82) is 0 Å². The summed E-state index contributed by atoms with van der Waals surface area (Å²) in [5.74, 6) is -0.481. The minimum absolute atomic E-state index is 0.0756. The zero-order valence-corrected chi connectivity index (χ0v) is 9.18. The largest absolute Gasteiger partial charge is 0.352 e. The summed E-state index contributed by atoms with van der Waals surface area (Å²) in [7, 11) is 0. The third kappa shape index (κ3) is 4.64. The van der Waals surface area contributed by atoms with Crippen LogP contribution < -0.4 is 10.6 Å². The molecule has 2 amide bonds. The molecule has 0 aliphatic carbocycles. The first-order chi connectivity index (χ1) is 6.34. The van der Waals surface area contributed by atoms with Gasteiger partial charge >= 0.3 is 0 Å². The van der Waals surface area contributed by atoms with Crippen LogP contribution in [0.2, 0.25) is 0 Å². The molecule has 0 saturated carbocycles. The molecule has 0 radical (unpaired) electrons. The van der Waals surface area contributed by atoms with Crippen molar-refractivity contribution in [3.05, 3.63) is 12.2 Å². The summed E-state index contributed by atoms with van der Waals surface area (Å²) >= 11 is 0. The van der Waals surface area contributed by atoms with Crippen LogP contribution in [0.15, 0.2) is 12.2 Å². The molecule has 0 aromatic rings. The molecule has 4 nitrogen and oxygen atoms in total. The van der Waals surface area contributed by atoms with Crippen LogP contribution in [0.5, 0.6) is 0 Å². The van der Waals surface area contributed by atoms with Crippen molar-refractivity contribution in [1.82, 2.24) is 10.6 Å². The lowest BCUT2D eigenvalue weighted by Gasteiger charge is -2.15. The Balaban J connectivity index is 4.08. The second-order valence-electron chi connectivity index (χ2n) is 3.64. The molecule has 0 aliphatic rings. The Morgan fingerprint density at radius 3 is 2.00 bits per heavy atom. The fourth-order valence-electron chi connectivity index (χ4n) is 0.795. The lowest BCUT2D eigenvalue weighted by Crippen LogP contribution is -2.46. The van der Waals surface area contributed by atoms with Crippen molar-refractivity contribution in [3.8, 4) is 0 Å². The Labute approximate surface area is 84.8 Å². The number of rotatable bonds is 4. The lowest BCUT2D eigenvalue weighted by atomic mass is 10.2. The van der Waals surface area contributed by atoms with E-state index >= 15 is 0 Å². The minimum atomic E-state index is -0.526. The van der Waals surface area contributed by atoms with Gasteiger partial charge in [0.05, 0.1) is 0 Å². The van der Waals surface area contributed by atoms with Crippen LogP contribution >= 0.6 is 0 Å². The van der Waals surface area contributed by atoms with E-state index in [1.165, 1.54) is 0 Å². The van der Waals surface area contributed by atoms with E-state index in [0.717, 1.165) is 0 Å². The predicted octanol–water partition coefficient (Wildman–Crippen LogP) is 0.592. The van der Waals surface area contributed by atoms with Gasteiger partial charge in [0.1, 0.15) is 6.04 Å². The molecule has 4 heteroatoms. The van der Waals surface area contributed by atoms with Gasteiger partial charge in [-0.05, 0) is 27.7 Å². The Hall–Kier alpha value is -1.32. The van der Waals surface area contributed by atoms with Crippen LogP contribution in [0, 0.1) is 0 Å². The van der Waals surface area contributed by atoms with Crippen LogP contribution in [0.4, 0.5) is 0 Å². The summed E-state index contributed by atoms with van der Waals surface area (Å²) in [5, 5.41) is 5.24. The summed E-state index contributed by atoms with van der Waals surface area (Å²) in [5.41, 5.74) is 0.397. The van der Waals surface area contributed by atoms with Gasteiger partial charge in [0.15, 0.2) is 0 Å². The van der Waals surface area contributed by atoms with Gasteiger partial charge in [-0.25, -0.2) is 0 Å². The fourth-order valence-corrected chi connectivity index (χ4v) is 0.795. The summed E-state index contributed by atoms with van der Waals surface area (Å²) in [6, 6.07) is -0.451. The van der Waals surface area contributed by atoms with Crippen molar-refractivity contribution in [3.63, 3.8) is 0 Å². The quantitative estimate of drug-likeness (QED) is 0.650. The average Bonchev–Trinajstić information content (AvgIpc) is 2.02. The first-order valence-electron chi connectivity index (χ1n) is 4.61. The van der Waals surface area contributed by atoms with Gasteiger partial charge in [-0.2, -0.15) is 0 Å². The van der Waals surface area contributed by atoms with Crippen LogP contribution in [0.3, 0.4) is 0 Å². The number of nitrogens with one attached hydrogen (secondary N) is 2. The second kappa shape index (κ2) is 5.42. The van der Waals surface area contributed by atoms with E-state index in [1.54, 1.807) is 13.8 Å². The normalized spacial score (nSPS) is 12.1. The maximum Gasteiger partial charge on any atom is 0.246 e. The highest BCUT2D eigenvalue weighted by Gasteiger charge is 2.15. The Kier molecular flexibility index (Phi) is 4.91. The van der Waals surface area contributed by atoms with Gasteiger partial charge in [-0.1, -0.05) is 6.58 Å². The third-order valence-electron chi connectivity index (χ3n) is 1.56. The van der Waals surface area contributed by atoms with Crippen LogP contribution in [-0.2, 0) is 9.59 Å². The van der Waals surface area contributed by atoms with E-state index in [9.17, 15) is 9.59 Å². The SMILES string of the molecule is C=C(C)C(=O)NC(C)C(=O)NC(C)C. The highest BCUT2D eigenvalue weighted by molar-refractivity contribution is 5.95. The predicted molar refractivity (Wildman–Crippen MR) is 55.7 cm³/mol. The van der Waals surface area contributed by atoms with Gasteiger partial charge in [0.2, 0.25) is 11.8 Å². The smallest absolute Gasteiger partial charge is 0.246 e. The van der Waals surface area contributed by atoms with Crippen molar-refractivity contribution < 1.29 is 9.59 Å². The van der Waals surface area contributed by atoms with Crippen LogP contribution in [-0.4, -0.2) is 23.9 Å². The first kappa shape index (κ1) is 12.7. The number of carbonyl (C=O) groups is 2. The van der Waals surface area contributed by atoms with E-state index in [-0.39, 0.29) is 17.9 Å². The Morgan fingerprint density at radius 2 is 1.64 bits per heavy atom. The molecular weight excluding hydrogens is 180 g/mol. The molecule has 0 bridgehead atoms. The second-order valence-corrected chi connectivity index (χ2v) is 3.64. The molecule has 0 fully saturated rings. The van der Waals surface area contributed by atoms with Crippen molar-refractivity contribution in [2.75, 3.05) is 0 Å². The number of hydrogen-bond acceptors (Lipinski definition) is 2. The maximum atomic E-state index is 11.4. The Morgan fingerprint density at radius 1 is 1.14 bits per heavy atom. The van der Waals surface area contributed by atoms with Crippen LogP contribution in [0.25, 0.3) is 0 Å². The number of hydrogen-bond donors (Lipinski definition) is 2. The van der Waals surface area contributed by atoms with Crippen molar-refractivity contribution >= 4 is 11.8 Å². The van der Waals surface area contributed by atoms with E-state index in [4.69, 9.17) is 0 Å². The molecule has 0 aromatic heterocycles. The highest BCUT2D eigenvalue weighted by Crippen LogP contribution is 1.90. The molecule has 1 unspecified atom stereocenters. The summed E-state index contributed by atoms with van der Waals surface area (Å²) in [4.78, 5) is 22.5. The van der Waals surface area contributed by atoms with E-state index in [0.29, 0.717) is 5.57 Å². The third-order valence-corrected chi connectivity index (χ3v) is 1.56. The standard InChI is InChI=1S/C10H18N2O2/c1-6(2)9(13)12-8(5)10(14)11-7(3)4/h7-8H,1H2,2-5H3,(H,11,14)(H,12,13). The molecule has 0 rings (SSSR count). The molecule has 1 atom stereocenters. The fraction of sp³-hybridized carbons (Fsp3) is 0.600. The van der Waals surface area contributed by atoms with E-state index < -0.39 is 6.04 Å². The molecule has 0 heterocycles. The van der Waals surface area contributed by atoms with E-state index in [1.807, 2.05) is 13.8 Å². The van der Waals surface area contributed by atoms with Crippen LogP contribution in [0.1, 0.15) is 27.7 Å². The summed E-state index contributed by atoms with van der Waals surface area (Å²) < 4.78 is 0. The zero-order valence-electron chi connectivity index (χ0n) is 9.18.